The van der Waals surface area contributed by atoms with Gasteiger partial charge in [0.25, 0.3) is 0 Å². The number of hydrogen-bond donors (Lipinski definition) is 1. The predicted molar refractivity (Wildman–Crippen MR) is 72.5 cm³/mol. The van der Waals surface area contributed by atoms with Crippen LogP contribution >= 0.6 is 0 Å². The number of nitrogens with zero attached hydrogens (tertiary/aromatic N) is 2. The second-order valence-electron chi connectivity index (χ2n) is 5.69. The first kappa shape index (κ1) is 14.8. The Kier molecular flexibility index (Phi) is 4.99. The smallest absolute Gasteiger partial charge is 0.310 e. The van der Waals surface area contributed by atoms with Crippen molar-refractivity contribution in [3.63, 3.8) is 0 Å². The molecule has 5 heteroatoms. The van der Waals surface area contributed by atoms with Gasteiger partial charge in [-0.1, -0.05) is 20.8 Å². The summed E-state index contributed by atoms with van der Waals surface area (Å²) in [6.07, 6.45) is 1.17. The summed E-state index contributed by atoms with van der Waals surface area (Å²) in [5, 5.41) is 3.24. The Morgan fingerprint density at radius 1 is 1.56 bits per heavy atom. The van der Waals surface area contributed by atoms with Gasteiger partial charge in [-0.3, -0.25) is 9.79 Å². The van der Waals surface area contributed by atoms with Crippen LogP contribution in [0.15, 0.2) is 4.99 Å². The molecule has 1 aliphatic heterocycles. The fraction of sp³-hybridized carbons (Fsp3) is 0.846. The lowest BCUT2D eigenvalue weighted by Crippen LogP contribution is -2.43. The van der Waals surface area contributed by atoms with E-state index in [1.165, 1.54) is 13.5 Å². The van der Waals surface area contributed by atoms with Crippen LogP contribution < -0.4 is 5.32 Å². The second-order valence-corrected chi connectivity index (χ2v) is 5.69. The van der Waals surface area contributed by atoms with E-state index in [9.17, 15) is 4.79 Å². The fourth-order valence-electron chi connectivity index (χ4n) is 2.15. The summed E-state index contributed by atoms with van der Waals surface area (Å²) >= 11 is 0. The summed E-state index contributed by atoms with van der Waals surface area (Å²) in [6.45, 7) is 8.93. The number of aliphatic imine (C=N–C) groups is 1. The molecule has 0 aliphatic carbocycles. The Balaban J connectivity index is 2.47. The van der Waals surface area contributed by atoms with Gasteiger partial charge in [0.15, 0.2) is 5.96 Å². The quantitative estimate of drug-likeness (QED) is 0.466. The number of guanidine groups is 1. The Hall–Kier alpha value is -1.26. The van der Waals surface area contributed by atoms with E-state index in [0.717, 1.165) is 19.0 Å². The van der Waals surface area contributed by atoms with Gasteiger partial charge in [-0.2, -0.15) is 0 Å². The highest BCUT2D eigenvalue weighted by atomic mass is 16.5. The molecule has 0 aromatic rings. The van der Waals surface area contributed by atoms with E-state index >= 15 is 0 Å². The number of carbonyl (C=O) groups is 1. The van der Waals surface area contributed by atoms with Gasteiger partial charge in [0.05, 0.1) is 13.0 Å². The van der Waals surface area contributed by atoms with Gasteiger partial charge in [0, 0.05) is 26.7 Å². The van der Waals surface area contributed by atoms with Crippen LogP contribution in [0.3, 0.4) is 0 Å². The molecule has 0 saturated carbocycles. The zero-order valence-corrected chi connectivity index (χ0v) is 12.1. The van der Waals surface area contributed by atoms with Crippen molar-refractivity contribution in [1.29, 1.82) is 0 Å². The van der Waals surface area contributed by atoms with Crippen molar-refractivity contribution in [2.45, 2.75) is 27.2 Å². The third-order valence-electron chi connectivity index (χ3n) is 3.36. The van der Waals surface area contributed by atoms with Crippen molar-refractivity contribution in [2.75, 3.05) is 33.8 Å². The highest BCUT2D eigenvalue weighted by Gasteiger charge is 2.31. The van der Waals surface area contributed by atoms with Crippen LogP contribution in [-0.4, -0.2) is 50.6 Å². The van der Waals surface area contributed by atoms with Gasteiger partial charge >= 0.3 is 5.97 Å². The van der Waals surface area contributed by atoms with E-state index in [1.807, 2.05) is 6.92 Å². The summed E-state index contributed by atoms with van der Waals surface area (Å²) in [5.41, 5.74) is 0.339. The number of hydrogen-bond acceptors (Lipinski definition) is 3. The molecule has 1 rings (SSSR count). The first-order valence-corrected chi connectivity index (χ1v) is 6.43. The van der Waals surface area contributed by atoms with Crippen LogP contribution in [0, 0.1) is 11.3 Å². The van der Waals surface area contributed by atoms with Gasteiger partial charge in [-0.15, -0.1) is 0 Å². The van der Waals surface area contributed by atoms with E-state index in [1.54, 1.807) is 7.05 Å². The van der Waals surface area contributed by atoms with Gasteiger partial charge in [0.2, 0.25) is 0 Å². The molecule has 1 saturated heterocycles. The van der Waals surface area contributed by atoms with Crippen LogP contribution in [0.5, 0.6) is 0 Å². The highest BCUT2D eigenvalue weighted by Crippen LogP contribution is 2.28. The number of methoxy groups -OCH3 is 1. The molecule has 1 N–H and O–H groups in total. The Labute approximate surface area is 110 Å². The molecule has 0 spiro atoms. The number of ether oxygens (including phenoxy) is 1. The van der Waals surface area contributed by atoms with Gasteiger partial charge in [-0.25, -0.2) is 0 Å². The molecule has 1 atom stereocenters. The number of likely N-dealkylation sites (tertiary alicyclic amines) is 1. The number of esters is 1. The average molecular weight is 255 g/mol. The zero-order valence-electron chi connectivity index (χ0n) is 12.1. The van der Waals surface area contributed by atoms with E-state index in [0.29, 0.717) is 12.0 Å². The Morgan fingerprint density at radius 3 is 2.67 bits per heavy atom. The van der Waals surface area contributed by atoms with Crippen LogP contribution in [0.4, 0.5) is 0 Å². The molecule has 0 amide bonds. The maximum absolute atomic E-state index is 11.3. The first-order chi connectivity index (χ1) is 8.39. The molecule has 0 aromatic heterocycles. The highest BCUT2D eigenvalue weighted by molar-refractivity contribution is 5.81. The summed E-state index contributed by atoms with van der Waals surface area (Å²) in [5.74, 6) is 0.512. The van der Waals surface area contributed by atoms with Gasteiger partial charge in [0.1, 0.15) is 0 Å². The van der Waals surface area contributed by atoms with Crippen molar-refractivity contribution in [3.05, 3.63) is 0 Å². The van der Waals surface area contributed by atoms with Crippen molar-refractivity contribution in [2.24, 2.45) is 16.3 Å². The molecular weight excluding hydrogens is 230 g/mol. The molecule has 5 nitrogen and oxygen atoms in total. The second kappa shape index (κ2) is 6.07. The lowest BCUT2D eigenvalue weighted by Gasteiger charge is -2.24. The zero-order chi connectivity index (χ0) is 13.8. The van der Waals surface area contributed by atoms with Crippen molar-refractivity contribution in [1.82, 2.24) is 10.2 Å². The summed E-state index contributed by atoms with van der Waals surface area (Å²) in [4.78, 5) is 17.8. The van der Waals surface area contributed by atoms with Gasteiger partial charge in [-0.05, 0) is 11.8 Å². The van der Waals surface area contributed by atoms with Crippen molar-refractivity contribution < 1.29 is 9.53 Å². The molecule has 104 valence electrons. The minimum atomic E-state index is -0.195. The summed E-state index contributed by atoms with van der Waals surface area (Å²) in [7, 11) is 3.19. The number of rotatable bonds is 3. The summed E-state index contributed by atoms with van der Waals surface area (Å²) in [6, 6.07) is 0. The lowest BCUT2D eigenvalue weighted by atomic mass is 9.93. The molecule has 0 bridgehead atoms. The van der Waals surface area contributed by atoms with E-state index < -0.39 is 0 Å². The maximum Gasteiger partial charge on any atom is 0.310 e. The molecule has 1 fully saturated rings. The number of carbonyl (C=O) groups excluding carboxylic acids is 1. The minimum absolute atomic E-state index is 0.164. The van der Waals surface area contributed by atoms with Crippen LogP contribution in [0.2, 0.25) is 0 Å². The standard InChI is InChI=1S/C13H25N3O2/c1-10(11(17)18-5)8-15-12(14-4)16-7-6-13(2,3)9-16/h10H,6-9H2,1-5H3,(H,14,15). The molecule has 18 heavy (non-hydrogen) atoms. The van der Waals surface area contributed by atoms with Crippen LogP contribution in [-0.2, 0) is 9.53 Å². The minimum Gasteiger partial charge on any atom is -0.469 e. The molecule has 0 radical (unpaired) electrons. The maximum atomic E-state index is 11.3. The predicted octanol–water partition coefficient (Wildman–Crippen LogP) is 1.10. The third kappa shape index (κ3) is 3.89. The van der Waals surface area contributed by atoms with E-state index in [-0.39, 0.29) is 11.9 Å². The van der Waals surface area contributed by atoms with E-state index in [2.05, 4.69) is 29.1 Å². The molecular formula is C13H25N3O2. The van der Waals surface area contributed by atoms with Crippen LogP contribution in [0.1, 0.15) is 27.2 Å². The largest absolute Gasteiger partial charge is 0.469 e. The topological polar surface area (TPSA) is 53.9 Å². The van der Waals surface area contributed by atoms with Crippen molar-refractivity contribution in [3.8, 4) is 0 Å². The molecule has 1 heterocycles. The monoisotopic (exact) mass is 255 g/mol. The van der Waals surface area contributed by atoms with Gasteiger partial charge < -0.3 is 15.0 Å². The fourth-order valence-corrected chi connectivity index (χ4v) is 2.15. The lowest BCUT2D eigenvalue weighted by molar-refractivity contribution is -0.144. The normalized spacial score (nSPS) is 20.7. The molecule has 1 unspecified atom stereocenters. The first-order valence-electron chi connectivity index (χ1n) is 6.43. The Bertz CT molecular complexity index is 326. The van der Waals surface area contributed by atoms with Crippen molar-refractivity contribution >= 4 is 11.9 Å². The average Bonchev–Trinajstić information content (AvgIpc) is 2.69. The third-order valence-corrected chi connectivity index (χ3v) is 3.36. The summed E-state index contributed by atoms with van der Waals surface area (Å²) < 4.78 is 4.70. The van der Waals surface area contributed by atoms with E-state index in [4.69, 9.17) is 4.74 Å². The molecule has 1 aliphatic rings. The SMILES string of the molecule is CN=C(NCC(C)C(=O)OC)N1CCC(C)(C)C1. The Morgan fingerprint density at radius 2 is 2.22 bits per heavy atom. The molecule has 0 aromatic carbocycles. The van der Waals surface area contributed by atoms with Crippen LogP contribution in [0.25, 0.3) is 0 Å². The number of nitrogens with one attached hydrogen (secondary N) is 1.